The highest BCUT2D eigenvalue weighted by atomic mass is 32.1. The van der Waals surface area contributed by atoms with Gasteiger partial charge in [0.1, 0.15) is 0 Å². The monoisotopic (exact) mass is 209 g/mol. The van der Waals surface area contributed by atoms with Gasteiger partial charge in [-0.25, -0.2) is 0 Å². The van der Waals surface area contributed by atoms with E-state index in [4.69, 9.17) is 5.26 Å². The Hall–Kier alpha value is -0.920. The van der Waals surface area contributed by atoms with Gasteiger partial charge in [-0.05, 0) is 20.8 Å². The van der Waals surface area contributed by atoms with Crippen molar-refractivity contribution in [3.05, 3.63) is 16.6 Å². The zero-order valence-corrected chi connectivity index (χ0v) is 9.56. The molecule has 1 unspecified atom stereocenters. The summed E-state index contributed by atoms with van der Waals surface area (Å²) in [4.78, 5) is 5.23. The minimum Gasteiger partial charge on any atom is -0.308 e. The molecule has 0 spiro atoms. The maximum atomic E-state index is 8.84. The maximum absolute atomic E-state index is 8.84. The molecule has 3 nitrogen and oxygen atoms in total. The zero-order valence-electron chi connectivity index (χ0n) is 8.74. The van der Waals surface area contributed by atoms with Gasteiger partial charge >= 0.3 is 0 Å². The summed E-state index contributed by atoms with van der Waals surface area (Å²) in [6.45, 7) is 6.64. The Morgan fingerprint density at radius 3 is 2.93 bits per heavy atom. The van der Waals surface area contributed by atoms with Crippen molar-refractivity contribution in [2.75, 3.05) is 6.54 Å². The second-order valence-corrected chi connectivity index (χ2v) is 4.92. The summed E-state index contributed by atoms with van der Waals surface area (Å²) >= 11 is 1.63. The lowest BCUT2D eigenvalue weighted by Gasteiger charge is -2.19. The van der Waals surface area contributed by atoms with Gasteiger partial charge in [0.05, 0.1) is 17.0 Å². The van der Waals surface area contributed by atoms with Gasteiger partial charge in [0.25, 0.3) is 0 Å². The van der Waals surface area contributed by atoms with Gasteiger partial charge < -0.3 is 5.32 Å². The summed E-state index contributed by atoms with van der Waals surface area (Å²) in [5, 5.41) is 12.2. The molecule has 76 valence electrons. The van der Waals surface area contributed by atoms with Crippen molar-refractivity contribution in [1.82, 2.24) is 10.3 Å². The van der Waals surface area contributed by atoms with E-state index in [-0.39, 0.29) is 11.5 Å². The minimum atomic E-state index is -0.307. The number of hydrogen-bond donors (Lipinski definition) is 1. The highest BCUT2D eigenvalue weighted by Crippen LogP contribution is 2.18. The molecule has 14 heavy (non-hydrogen) atoms. The highest BCUT2D eigenvalue weighted by Gasteiger charge is 2.18. The molecule has 0 aliphatic carbocycles. The van der Waals surface area contributed by atoms with Gasteiger partial charge in [-0.15, -0.1) is 11.3 Å². The first kappa shape index (κ1) is 11.2. The minimum absolute atomic E-state index is 0.273. The molecule has 0 amide bonds. The number of aromatic nitrogens is 1. The lowest BCUT2D eigenvalue weighted by molar-refractivity contribution is 0.417. The normalized spacial score (nSPS) is 13.6. The number of rotatable bonds is 4. The van der Waals surface area contributed by atoms with Crippen LogP contribution in [0, 0.1) is 16.7 Å². The Bertz CT molecular complexity index is 311. The Balaban J connectivity index is 2.44. The van der Waals surface area contributed by atoms with Gasteiger partial charge in [0.15, 0.2) is 0 Å². The maximum Gasteiger partial charge on any atom is 0.0794 e. The van der Waals surface area contributed by atoms with Crippen LogP contribution in [0.25, 0.3) is 0 Å². The Morgan fingerprint density at radius 2 is 2.43 bits per heavy atom. The molecule has 0 saturated heterocycles. The van der Waals surface area contributed by atoms with Gasteiger partial charge in [-0.1, -0.05) is 0 Å². The second-order valence-electron chi connectivity index (χ2n) is 4.00. The van der Waals surface area contributed by atoms with Crippen LogP contribution < -0.4 is 5.32 Å². The van der Waals surface area contributed by atoms with Crippen LogP contribution >= 0.6 is 11.3 Å². The first-order chi connectivity index (χ1) is 6.55. The summed E-state index contributed by atoms with van der Waals surface area (Å²) in [5.74, 6) is 0. The van der Waals surface area contributed by atoms with Crippen molar-refractivity contribution in [3.8, 4) is 6.07 Å². The van der Waals surface area contributed by atoms with E-state index in [0.29, 0.717) is 6.54 Å². The summed E-state index contributed by atoms with van der Waals surface area (Å²) < 4.78 is 0. The van der Waals surface area contributed by atoms with Gasteiger partial charge in [0.2, 0.25) is 0 Å². The lowest BCUT2D eigenvalue weighted by Crippen LogP contribution is -2.29. The number of nitriles is 1. The fourth-order valence-electron chi connectivity index (χ4n) is 0.988. The van der Waals surface area contributed by atoms with Crippen LogP contribution in [0.5, 0.6) is 0 Å². The Kier molecular flexibility index (Phi) is 3.62. The zero-order chi connectivity index (χ0) is 10.6. The van der Waals surface area contributed by atoms with E-state index >= 15 is 0 Å². The first-order valence-electron chi connectivity index (χ1n) is 4.58. The molecule has 1 aromatic rings. The smallest absolute Gasteiger partial charge is 0.0794 e. The molecule has 1 aromatic heterocycles. The van der Waals surface area contributed by atoms with Gasteiger partial charge in [0, 0.05) is 23.7 Å². The SMILES string of the molecule is CC(NCC(C)(C)C#N)c1cncs1. The van der Waals surface area contributed by atoms with Crippen molar-refractivity contribution < 1.29 is 0 Å². The summed E-state index contributed by atoms with van der Waals surface area (Å²) in [7, 11) is 0. The Morgan fingerprint density at radius 1 is 1.71 bits per heavy atom. The molecule has 4 heteroatoms. The quantitative estimate of drug-likeness (QED) is 0.828. The van der Waals surface area contributed by atoms with Crippen LogP contribution in [0.2, 0.25) is 0 Å². The lowest BCUT2D eigenvalue weighted by atomic mass is 9.96. The highest BCUT2D eigenvalue weighted by molar-refractivity contribution is 7.09. The van der Waals surface area contributed by atoms with E-state index in [0.717, 1.165) is 0 Å². The molecule has 0 saturated carbocycles. The number of hydrogen-bond acceptors (Lipinski definition) is 4. The molecule has 1 heterocycles. The molecule has 1 N–H and O–H groups in total. The molecule has 0 aliphatic heterocycles. The standard InChI is InChI=1S/C10H15N3S/c1-8(9-4-12-7-14-9)13-6-10(2,3)5-11/h4,7-8,13H,6H2,1-3H3. The van der Waals surface area contributed by atoms with Gasteiger partial charge in [-0.2, -0.15) is 5.26 Å². The van der Waals surface area contributed by atoms with Crippen molar-refractivity contribution in [3.63, 3.8) is 0 Å². The van der Waals surface area contributed by atoms with E-state index in [1.165, 1.54) is 4.88 Å². The number of nitrogens with one attached hydrogen (secondary N) is 1. The third-order valence-corrected chi connectivity index (χ3v) is 2.99. The van der Waals surface area contributed by atoms with E-state index in [1.807, 2.05) is 25.6 Å². The van der Waals surface area contributed by atoms with Crippen LogP contribution in [-0.2, 0) is 0 Å². The third kappa shape index (κ3) is 3.09. The average molecular weight is 209 g/mol. The average Bonchev–Trinajstić information content (AvgIpc) is 2.67. The van der Waals surface area contributed by atoms with E-state index in [2.05, 4.69) is 23.3 Å². The van der Waals surface area contributed by atoms with Crippen LogP contribution in [0.1, 0.15) is 31.7 Å². The summed E-state index contributed by atoms with van der Waals surface area (Å²) in [5.41, 5.74) is 1.52. The predicted molar refractivity (Wildman–Crippen MR) is 57.9 cm³/mol. The third-order valence-electron chi connectivity index (χ3n) is 2.03. The first-order valence-corrected chi connectivity index (χ1v) is 5.46. The fraction of sp³-hybridized carbons (Fsp3) is 0.600. The molecular weight excluding hydrogens is 194 g/mol. The van der Waals surface area contributed by atoms with Crippen molar-refractivity contribution in [2.24, 2.45) is 5.41 Å². The topological polar surface area (TPSA) is 48.7 Å². The number of thiazole rings is 1. The number of nitrogens with zero attached hydrogens (tertiary/aromatic N) is 2. The molecule has 1 atom stereocenters. The largest absolute Gasteiger partial charge is 0.308 e. The fourth-order valence-corrected chi connectivity index (χ4v) is 1.64. The molecule has 0 bridgehead atoms. The van der Waals surface area contributed by atoms with Crippen LogP contribution in [0.15, 0.2) is 11.7 Å². The molecule has 0 aromatic carbocycles. The predicted octanol–water partition coefficient (Wildman–Crippen LogP) is 2.34. The van der Waals surface area contributed by atoms with Crippen molar-refractivity contribution >= 4 is 11.3 Å². The van der Waals surface area contributed by atoms with Crippen LogP contribution in [0.3, 0.4) is 0 Å². The summed E-state index contributed by atoms with van der Waals surface area (Å²) in [6.07, 6.45) is 1.86. The molecule has 1 rings (SSSR count). The van der Waals surface area contributed by atoms with Crippen LogP contribution in [-0.4, -0.2) is 11.5 Å². The molecule has 0 radical (unpaired) electrons. The molecular formula is C10H15N3S. The van der Waals surface area contributed by atoms with Crippen molar-refractivity contribution in [2.45, 2.75) is 26.8 Å². The summed E-state index contributed by atoms with van der Waals surface area (Å²) in [6, 6.07) is 2.54. The van der Waals surface area contributed by atoms with E-state index in [1.54, 1.807) is 11.3 Å². The Labute approximate surface area is 88.8 Å². The van der Waals surface area contributed by atoms with Gasteiger partial charge in [-0.3, -0.25) is 4.98 Å². The van der Waals surface area contributed by atoms with Crippen LogP contribution in [0.4, 0.5) is 0 Å². The second kappa shape index (κ2) is 4.54. The van der Waals surface area contributed by atoms with Crippen molar-refractivity contribution in [1.29, 1.82) is 5.26 Å². The molecule has 0 fully saturated rings. The molecule has 0 aliphatic rings. The van der Waals surface area contributed by atoms with E-state index < -0.39 is 0 Å². The van der Waals surface area contributed by atoms with E-state index in [9.17, 15) is 0 Å².